The second kappa shape index (κ2) is 30.2. The molecule has 0 heterocycles. The van der Waals surface area contributed by atoms with E-state index in [4.69, 9.17) is 14.2 Å². The number of carbonyl (C=O) groups is 3. The van der Waals surface area contributed by atoms with E-state index in [1.54, 1.807) is 0 Å². The van der Waals surface area contributed by atoms with Crippen molar-refractivity contribution in [2.24, 2.45) is 0 Å². The fourth-order valence-corrected chi connectivity index (χ4v) is 5.22. The molecule has 46 heavy (non-hydrogen) atoms. The highest BCUT2D eigenvalue weighted by Crippen LogP contribution is 2.13. The average molecular weight is 653 g/mol. The first kappa shape index (κ1) is 43.8. The molecule has 0 aliphatic rings. The van der Waals surface area contributed by atoms with Gasteiger partial charge in [-0.15, -0.1) is 0 Å². The lowest BCUT2D eigenvalue weighted by Crippen LogP contribution is -2.50. The lowest BCUT2D eigenvalue weighted by molar-refractivity contribution is -0.887. The van der Waals surface area contributed by atoms with Crippen LogP contribution in [0.1, 0.15) is 149 Å². The van der Waals surface area contributed by atoms with Gasteiger partial charge in [0, 0.05) is 19.3 Å². The average Bonchev–Trinajstić information content (AvgIpc) is 2.99. The zero-order valence-corrected chi connectivity index (χ0v) is 30.3. The number of aliphatic carboxylic acids is 1. The van der Waals surface area contributed by atoms with Crippen molar-refractivity contribution in [3.8, 4) is 0 Å². The first-order chi connectivity index (χ1) is 22.1. The molecule has 0 bridgehead atoms. The summed E-state index contributed by atoms with van der Waals surface area (Å²) in [5.41, 5.74) is 0. The van der Waals surface area contributed by atoms with Crippen molar-refractivity contribution in [2.75, 3.05) is 41.0 Å². The molecule has 8 heteroatoms. The van der Waals surface area contributed by atoms with Crippen LogP contribution < -0.4 is 0 Å². The zero-order chi connectivity index (χ0) is 34.3. The van der Waals surface area contributed by atoms with Crippen LogP contribution in [0.15, 0.2) is 24.3 Å². The molecule has 8 nitrogen and oxygen atoms in total. The summed E-state index contributed by atoms with van der Waals surface area (Å²) in [7, 11) is 5.48. The third-order valence-electron chi connectivity index (χ3n) is 8.07. The minimum absolute atomic E-state index is 0.0571. The van der Waals surface area contributed by atoms with Gasteiger partial charge in [0.05, 0.1) is 34.4 Å². The van der Waals surface area contributed by atoms with Gasteiger partial charge in [-0.25, -0.2) is 4.79 Å². The van der Waals surface area contributed by atoms with Crippen LogP contribution in [-0.4, -0.2) is 80.6 Å². The van der Waals surface area contributed by atoms with E-state index < -0.39 is 18.1 Å². The van der Waals surface area contributed by atoms with E-state index in [9.17, 15) is 19.5 Å². The zero-order valence-electron chi connectivity index (χ0n) is 30.3. The molecule has 2 atom stereocenters. The van der Waals surface area contributed by atoms with E-state index in [1.807, 2.05) is 28.1 Å². The summed E-state index contributed by atoms with van der Waals surface area (Å²) in [5, 5.41) is 9.49. The Balaban J connectivity index is 3.99. The Labute approximate surface area is 281 Å². The molecular weight excluding hydrogens is 582 g/mol. The molecule has 0 aliphatic heterocycles. The number of esters is 2. The number of unbranched alkanes of at least 4 members (excludes halogenated alkanes) is 14. The summed E-state index contributed by atoms with van der Waals surface area (Å²) in [6.45, 7) is 4.36. The smallest absolute Gasteiger partial charge is 0.362 e. The van der Waals surface area contributed by atoms with E-state index in [-0.39, 0.29) is 36.2 Å². The van der Waals surface area contributed by atoms with Crippen LogP contribution >= 0.6 is 0 Å². The summed E-state index contributed by atoms with van der Waals surface area (Å²) >= 11 is 0. The fourth-order valence-electron chi connectivity index (χ4n) is 5.22. The minimum atomic E-state index is -0.881. The number of nitrogens with zero attached hydrogens (tertiary/aromatic N) is 1. The van der Waals surface area contributed by atoms with Gasteiger partial charge in [-0.2, -0.15) is 0 Å². The lowest BCUT2D eigenvalue weighted by atomic mass is 10.1. The van der Waals surface area contributed by atoms with Crippen LogP contribution in [0.2, 0.25) is 0 Å². The summed E-state index contributed by atoms with van der Waals surface area (Å²) in [4.78, 5) is 35.9. The van der Waals surface area contributed by atoms with Gasteiger partial charge >= 0.3 is 17.9 Å². The Morgan fingerprint density at radius 2 is 1.20 bits per heavy atom. The number of carbonyl (C=O) groups excluding carboxylic acids is 2. The van der Waals surface area contributed by atoms with Gasteiger partial charge in [-0.1, -0.05) is 109 Å². The Bertz CT molecular complexity index is 818. The van der Waals surface area contributed by atoms with Gasteiger partial charge in [0.25, 0.3) is 0 Å². The SMILES string of the molecule is CCCCCCC/C=C\C/C=C\CCCCCCCCCCCC(=O)OC(COCCC(C(=O)O)[N+](C)(C)C)COC(=O)CCC. The van der Waals surface area contributed by atoms with E-state index in [0.717, 1.165) is 25.7 Å². The van der Waals surface area contributed by atoms with Crippen LogP contribution in [0.4, 0.5) is 0 Å². The van der Waals surface area contributed by atoms with E-state index in [1.165, 1.54) is 83.5 Å². The highest BCUT2D eigenvalue weighted by atomic mass is 16.6. The monoisotopic (exact) mass is 653 g/mol. The highest BCUT2D eigenvalue weighted by molar-refractivity contribution is 5.72. The molecule has 0 saturated heterocycles. The highest BCUT2D eigenvalue weighted by Gasteiger charge is 2.31. The van der Waals surface area contributed by atoms with Crippen molar-refractivity contribution in [1.82, 2.24) is 0 Å². The van der Waals surface area contributed by atoms with Crippen molar-refractivity contribution in [1.29, 1.82) is 0 Å². The van der Waals surface area contributed by atoms with Crippen LogP contribution in [0, 0.1) is 0 Å². The molecule has 0 rings (SSSR count). The maximum atomic E-state index is 12.5. The number of likely N-dealkylation sites (N-methyl/N-ethyl adjacent to an activating group) is 1. The number of quaternary nitrogens is 1. The third kappa shape index (κ3) is 28.1. The Morgan fingerprint density at radius 1 is 0.652 bits per heavy atom. The number of carboxylic acid groups (broad SMARTS) is 1. The summed E-state index contributed by atoms with van der Waals surface area (Å²) in [5.74, 6) is -1.54. The molecule has 0 aliphatic carbocycles. The molecule has 2 unspecified atom stereocenters. The lowest BCUT2D eigenvalue weighted by Gasteiger charge is -2.31. The molecule has 0 aromatic rings. The van der Waals surface area contributed by atoms with Gasteiger partial charge in [-0.3, -0.25) is 9.59 Å². The quantitative estimate of drug-likeness (QED) is 0.0335. The number of hydrogen-bond donors (Lipinski definition) is 1. The van der Waals surface area contributed by atoms with Crippen molar-refractivity contribution in [2.45, 2.75) is 161 Å². The first-order valence-electron chi connectivity index (χ1n) is 18.4. The number of allylic oxidation sites excluding steroid dienone is 4. The van der Waals surface area contributed by atoms with Crippen molar-refractivity contribution in [3.05, 3.63) is 24.3 Å². The molecule has 0 saturated carbocycles. The molecule has 0 radical (unpaired) electrons. The normalized spacial score (nSPS) is 13.3. The van der Waals surface area contributed by atoms with Crippen LogP contribution in [0.3, 0.4) is 0 Å². The van der Waals surface area contributed by atoms with E-state index in [2.05, 4.69) is 31.2 Å². The number of carboxylic acids is 1. The van der Waals surface area contributed by atoms with E-state index in [0.29, 0.717) is 25.7 Å². The fraction of sp³-hybridized carbons (Fsp3) is 0.816. The Kier molecular flexibility index (Phi) is 28.7. The van der Waals surface area contributed by atoms with Gasteiger partial charge < -0.3 is 23.8 Å². The number of rotatable bonds is 32. The second-order valence-corrected chi connectivity index (χ2v) is 13.5. The molecule has 0 aromatic carbocycles. The minimum Gasteiger partial charge on any atom is -0.477 e. The molecule has 0 amide bonds. The number of hydrogen-bond acceptors (Lipinski definition) is 6. The van der Waals surface area contributed by atoms with Crippen LogP contribution in [0.25, 0.3) is 0 Å². The first-order valence-corrected chi connectivity index (χ1v) is 18.4. The second-order valence-electron chi connectivity index (χ2n) is 13.5. The standard InChI is InChI=1S/C38H69NO7/c1-6-8-9-10-11-12-13-14-15-16-17-18-19-20-21-22-23-24-25-26-27-29-37(41)46-34(33-45-36(40)28-7-2)32-44-31-30-35(38(42)43)39(3,4)5/h13-14,16-17,34-35H,6-12,15,18-33H2,1-5H3/p+1/b14-13-,17-16-. The predicted molar refractivity (Wildman–Crippen MR) is 188 cm³/mol. The Hall–Kier alpha value is -2.19. The topological polar surface area (TPSA) is 99.1 Å². The van der Waals surface area contributed by atoms with E-state index >= 15 is 0 Å². The van der Waals surface area contributed by atoms with Gasteiger partial charge in [-0.05, 0) is 44.9 Å². The van der Waals surface area contributed by atoms with Gasteiger partial charge in [0.1, 0.15) is 6.61 Å². The molecule has 0 spiro atoms. The maximum Gasteiger partial charge on any atom is 0.362 e. The summed E-state index contributed by atoms with van der Waals surface area (Å²) in [6, 6.07) is -0.608. The molecule has 268 valence electrons. The molecule has 0 aromatic heterocycles. The van der Waals surface area contributed by atoms with Crippen molar-refractivity contribution < 1.29 is 38.2 Å². The molecular formula is C38H70NO7+. The Morgan fingerprint density at radius 3 is 1.72 bits per heavy atom. The van der Waals surface area contributed by atoms with Gasteiger partial charge in [0.2, 0.25) is 0 Å². The van der Waals surface area contributed by atoms with Crippen LogP contribution in [-0.2, 0) is 28.6 Å². The molecule has 0 fully saturated rings. The van der Waals surface area contributed by atoms with Crippen molar-refractivity contribution >= 4 is 17.9 Å². The largest absolute Gasteiger partial charge is 0.477 e. The number of ether oxygens (including phenoxy) is 3. The van der Waals surface area contributed by atoms with Gasteiger partial charge in [0.15, 0.2) is 12.1 Å². The van der Waals surface area contributed by atoms with Crippen molar-refractivity contribution in [3.63, 3.8) is 0 Å². The predicted octanol–water partition coefficient (Wildman–Crippen LogP) is 8.96. The molecule has 1 N–H and O–H groups in total. The third-order valence-corrected chi connectivity index (χ3v) is 8.07. The summed E-state index contributed by atoms with van der Waals surface area (Å²) in [6.07, 6.45) is 30.8. The summed E-state index contributed by atoms with van der Waals surface area (Å²) < 4.78 is 16.8. The van der Waals surface area contributed by atoms with Crippen LogP contribution in [0.5, 0.6) is 0 Å². The maximum absolute atomic E-state index is 12.5.